The summed E-state index contributed by atoms with van der Waals surface area (Å²) in [6.07, 6.45) is 1.78. The Labute approximate surface area is 116 Å². The topological polar surface area (TPSA) is 88.8 Å². The van der Waals surface area contributed by atoms with Crippen LogP contribution in [0.2, 0.25) is 0 Å². The number of aryl methyl sites for hydroxylation is 1. The number of hydrogen-bond acceptors (Lipinski definition) is 6. The SMILES string of the molecule is Cc1nc(NN)cc(Nc2cccc3ncccc23)n1. The maximum Gasteiger partial charge on any atom is 0.145 e. The Bertz CT molecular complexity index is 750. The highest BCUT2D eigenvalue weighted by atomic mass is 15.3. The number of aromatic nitrogens is 3. The molecule has 20 heavy (non-hydrogen) atoms. The summed E-state index contributed by atoms with van der Waals surface area (Å²) >= 11 is 0. The second kappa shape index (κ2) is 5.10. The van der Waals surface area contributed by atoms with Crippen molar-refractivity contribution in [3.8, 4) is 0 Å². The Kier molecular flexibility index (Phi) is 3.14. The minimum atomic E-state index is 0.568. The van der Waals surface area contributed by atoms with Crippen molar-refractivity contribution >= 4 is 28.2 Å². The van der Waals surface area contributed by atoms with Gasteiger partial charge in [0.25, 0.3) is 0 Å². The summed E-state index contributed by atoms with van der Waals surface area (Å²) in [5.41, 5.74) is 4.40. The van der Waals surface area contributed by atoms with Crippen LogP contribution in [-0.2, 0) is 0 Å². The molecule has 3 aromatic rings. The molecule has 0 bridgehead atoms. The second-order valence-corrected chi connectivity index (χ2v) is 4.33. The van der Waals surface area contributed by atoms with Crippen molar-refractivity contribution in [3.05, 3.63) is 48.4 Å². The number of rotatable bonds is 3. The van der Waals surface area contributed by atoms with Crippen LogP contribution in [0.4, 0.5) is 17.3 Å². The molecule has 0 aliphatic carbocycles. The van der Waals surface area contributed by atoms with Crippen LogP contribution in [0.25, 0.3) is 10.9 Å². The maximum absolute atomic E-state index is 5.39. The molecule has 2 aromatic heterocycles. The summed E-state index contributed by atoms with van der Waals surface area (Å²) in [5.74, 6) is 7.28. The van der Waals surface area contributed by atoms with E-state index >= 15 is 0 Å². The predicted molar refractivity (Wildman–Crippen MR) is 79.6 cm³/mol. The lowest BCUT2D eigenvalue weighted by Gasteiger charge is -2.10. The lowest BCUT2D eigenvalue weighted by Crippen LogP contribution is -2.10. The van der Waals surface area contributed by atoms with Gasteiger partial charge in [-0.15, -0.1) is 0 Å². The Morgan fingerprint density at radius 1 is 1.05 bits per heavy atom. The lowest BCUT2D eigenvalue weighted by atomic mass is 10.2. The molecule has 0 saturated heterocycles. The zero-order valence-corrected chi connectivity index (χ0v) is 11.0. The zero-order valence-electron chi connectivity index (χ0n) is 11.0. The first-order valence-corrected chi connectivity index (χ1v) is 6.19. The standard InChI is InChI=1S/C14H14N6/c1-9-17-13(8-14(18-9)20-15)19-12-6-2-5-11-10(12)4-3-7-16-11/h2-8H,15H2,1H3,(H2,17,18,19,20). The van der Waals surface area contributed by atoms with Gasteiger partial charge in [0.1, 0.15) is 17.5 Å². The predicted octanol–water partition coefficient (Wildman–Crippen LogP) is 2.36. The smallest absolute Gasteiger partial charge is 0.145 e. The molecule has 0 unspecified atom stereocenters. The van der Waals surface area contributed by atoms with E-state index in [-0.39, 0.29) is 0 Å². The summed E-state index contributed by atoms with van der Waals surface area (Å²) in [5, 5.41) is 4.31. The Hall–Kier alpha value is -2.73. The van der Waals surface area contributed by atoms with E-state index in [1.807, 2.05) is 37.3 Å². The number of benzene rings is 1. The van der Waals surface area contributed by atoms with Gasteiger partial charge < -0.3 is 10.7 Å². The summed E-state index contributed by atoms with van der Waals surface area (Å²) < 4.78 is 0. The van der Waals surface area contributed by atoms with Crippen molar-refractivity contribution in [2.45, 2.75) is 6.92 Å². The lowest BCUT2D eigenvalue weighted by molar-refractivity contribution is 1.05. The monoisotopic (exact) mass is 266 g/mol. The molecular weight excluding hydrogens is 252 g/mol. The van der Waals surface area contributed by atoms with Crippen LogP contribution in [0, 0.1) is 6.92 Å². The van der Waals surface area contributed by atoms with Crippen LogP contribution < -0.4 is 16.6 Å². The van der Waals surface area contributed by atoms with Crippen LogP contribution in [0.1, 0.15) is 5.82 Å². The molecule has 0 aliphatic heterocycles. The van der Waals surface area contributed by atoms with Crippen LogP contribution in [-0.4, -0.2) is 15.0 Å². The first-order chi connectivity index (χ1) is 9.76. The van der Waals surface area contributed by atoms with Gasteiger partial charge >= 0.3 is 0 Å². The summed E-state index contributed by atoms with van der Waals surface area (Å²) in [7, 11) is 0. The third-order valence-electron chi connectivity index (χ3n) is 2.89. The number of nitrogen functional groups attached to an aromatic ring is 1. The molecule has 1 aromatic carbocycles. The molecule has 2 heterocycles. The van der Waals surface area contributed by atoms with E-state index in [4.69, 9.17) is 5.84 Å². The maximum atomic E-state index is 5.39. The average Bonchev–Trinajstić information content (AvgIpc) is 2.47. The molecule has 100 valence electrons. The van der Waals surface area contributed by atoms with Crippen molar-refractivity contribution < 1.29 is 0 Å². The molecule has 0 aliphatic rings. The molecule has 0 radical (unpaired) electrons. The van der Waals surface area contributed by atoms with Crippen molar-refractivity contribution in [2.24, 2.45) is 5.84 Å². The zero-order chi connectivity index (χ0) is 13.9. The highest BCUT2D eigenvalue weighted by molar-refractivity contribution is 5.92. The second-order valence-electron chi connectivity index (χ2n) is 4.33. The fraction of sp³-hybridized carbons (Fsp3) is 0.0714. The number of nitrogens with one attached hydrogen (secondary N) is 2. The third-order valence-corrected chi connectivity index (χ3v) is 2.89. The Balaban J connectivity index is 2.03. The molecule has 0 atom stereocenters. The third kappa shape index (κ3) is 2.36. The molecule has 4 N–H and O–H groups in total. The van der Waals surface area contributed by atoms with Gasteiger partial charge in [0.15, 0.2) is 0 Å². The molecule has 3 rings (SSSR count). The van der Waals surface area contributed by atoms with Crippen molar-refractivity contribution in [1.29, 1.82) is 0 Å². The van der Waals surface area contributed by atoms with E-state index in [1.165, 1.54) is 0 Å². The highest BCUT2D eigenvalue weighted by Crippen LogP contribution is 2.24. The minimum Gasteiger partial charge on any atom is -0.340 e. The van der Waals surface area contributed by atoms with E-state index < -0.39 is 0 Å². The summed E-state index contributed by atoms with van der Waals surface area (Å²) in [6, 6.07) is 11.6. The minimum absolute atomic E-state index is 0.568. The first-order valence-electron chi connectivity index (χ1n) is 6.19. The molecule has 6 heteroatoms. The van der Waals surface area contributed by atoms with Crippen LogP contribution in [0.15, 0.2) is 42.6 Å². The van der Waals surface area contributed by atoms with Gasteiger partial charge in [-0.3, -0.25) is 4.98 Å². The molecule has 0 saturated carbocycles. The number of nitrogens with two attached hydrogens (primary N) is 1. The number of hydrogen-bond donors (Lipinski definition) is 3. The normalized spacial score (nSPS) is 10.5. The fourth-order valence-electron chi connectivity index (χ4n) is 2.06. The summed E-state index contributed by atoms with van der Waals surface area (Å²) in [4.78, 5) is 12.8. The van der Waals surface area contributed by atoms with Gasteiger partial charge in [-0.2, -0.15) is 0 Å². The number of anilines is 3. The van der Waals surface area contributed by atoms with Crippen LogP contribution >= 0.6 is 0 Å². The van der Waals surface area contributed by atoms with E-state index in [0.717, 1.165) is 16.6 Å². The Morgan fingerprint density at radius 3 is 2.75 bits per heavy atom. The quantitative estimate of drug-likeness (QED) is 0.498. The molecule has 0 amide bonds. The molecule has 0 fully saturated rings. The number of nitrogens with zero attached hydrogens (tertiary/aromatic N) is 3. The van der Waals surface area contributed by atoms with Gasteiger partial charge in [-0.25, -0.2) is 15.8 Å². The van der Waals surface area contributed by atoms with Gasteiger partial charge in [0.05, 0.1) is 5.52 Å². The molecule has 0 spiro atoms. The van der Waals surface area contributed by atoms with E-state index in [2.05, 4.69) is 25.7 Å². The average molecular weight is 266 g/mol. The van der Waals surface area contributed by atoms with Gasteiger partial charge in [0, 0.05) is 23.3 Å². The number of hydrazine groups is 1. The highest BCUT2D eigenvalue weighted by Gasteiger charge is 2.04. The van der Waals surface area contributed by atoms with Gasteiger partial charge in [-0.1, -0.05) is 6.07 Å². The molecular formula is C14H14N6. The summed E-state index contributed by atoms with van der Waals surface area (Å²) in [6.45, 7) is 1.82. The Morgan fingerprint density at radius 2 is 1.90 bits per heavy atom. The van der Waals surface area contributed by atoms with Crippen molar-refractivity contribution in [3.63, 3.8) is 0 Å². The van der Waals surface area contributed by atoms with Gasteiger partial charge in [-0.05, 0) is 31.2 Å². The van der Waals surface area contributed by atoms with E-state index in [9.17, 15) is 0 Å². The number of fused-ring (bicyclic) bond motifs is 1. The van der Waals surface area contributed by atoms with Crippen molar-refractivity contribution in [1.82, 2.24) is 15.0 Å². The van der Waals surface area contributed by atoms with E-state index in [1.54, 1.807) is 12.3 Å². The van der Waals surface area contributed by atoms with Crippen LogP contribution in [0.3, 0.4) is 0 Å². The number of pyridine rings is 1. The van der Waals surface area contributed by atoms with E-state index in [0.29, 0.717) is 17.5 Å². The van der Waals surface area contributed by atoms with Crippen LogP contribution in [0.5, 0.6) is 0 Å². The fourth-order valence-corrected chi connectivity index (χ4v) is 2.06. The molecule has 6 nitrogen and oxygen atoms in total. The first kappa shape index (κ1) is 12.3. The van der Waals surface area contributed by atoms with Gasteiger partial charge in [0.2, 0.25) is 0 Å². The van der Waals surface area contributed by atoms with Crippen molar-refractivity contribution in [2.75, 3.05) is 10.7 Å². The largest absolute Gasteiger partial charge is 0.340 e.